The van der Waals surface area contributed by atoms with E-state index in [0.29, 0.717) is 35.6 Å². The molecule has 2 fully saturated rings. The lowest BCUT2D eigenvalue weighted by atomic mass is 9.75. The summed E-state index contributed by atoms with van der Waals surface area (Å²) in [5.74, 6) is 0.479. The van der Waals surface area contributed by atoms with E-state index in [1.807, 2.05) is 16.7 Å². The number of benzene rings is 1. The Balaban J connectivity index is 1.33. The highest BCUT2D eigenvalue weighted by Crippen LogP contribution is 2.46. The molecule has 6 rings (SSSR count). The lowest BCUT2D eigenvalue weighted by Crippen LogP contribution is -2.58. The number of aromatic nitrogens is 4. The zero-order chi connectivity index (χ0) is 20.5. The van der Waals surface area contributed by atoms with E-state index in [1.165, 1.54) is 6.07 Å². The van der Waals surface area contributed by atoms with Crippen LogP contribution in [0.15, 0.2) is 30.6 Å². The number of anilines is 1. The molecular weight excluding hydrogens is 409 g/mol. The zero-order valence-electron chi connectivity index (χ0n) is 16.0. The van der Waals surface area contributed by atoms with E-state index in [9.17, 15) is 9.50 Å². The molecule has 9 heteroatoms. The lowest BCUT2D eigenvalue weighted by Gasteiger charge is -2.48. The summed E-state index contributed by atoms with van der Waals surface area (Å²) in [5, 5.41) is 9.49. The molecule has 1 aliphatic carbocycles. The molecule has 2 saturated heterocycles. The summed E-state index contributed by atoms with van der Waals surface area (Å²) < 4.78 is 21.9. The Bertz CT molecular complexity index is 1190. The third kappa shape index (κ3) is 2.54. The Kier molecular flexibility index (Phi) is 3.93. The first-order valence-electron chi connectivity index (χ1n) is 9.97. The third-order valence-corrected chi connectivity index (χ3v) is 6.55. The average molecular weight is 428 g/mol. The van der Waals surface area contributed by atoms with E-state index in [0.717, 1.165) is 18.4 Å². The molecule has 30 heavy (non-hydrogen) atoms. The predicted molar refractivity (Wildman–Crippen MR) is 110 cm³/mol. The number of aliphatic hydroxyl groups is 1. The van der Waals surface area contributed by atoms with Gasteiger partial charge in [0.15, 0.2) is 17.0 Å². The van der Waals surface area contributed by atoms with Crippen molar-refractivity contribution in [3.8, 4) is 0 Å². The second-order valence-corrected chi connectivity index (χ2v) is 8.50. The van der Waals surface area contributed by atoms with E-state index in [2.05, 4.69) is 25.9 Å². The van der Waals surface area contributed by atoms with Crippen LogP contribution >= 0.6 is 11.6 Å². The molecule has 0 radical (unpaired) electrons. The molecule has 7 nitrogen and oxygen atoms in total. The molecule has 0 saturated carbocycles. The Morgan fingerprint density at radius 3 is 2.93 bits per heavy atom. The van der Waals surface area contributed by atoms with E-state index in [-0.39, 0.29) is 35.5 Å². The van der Waals surface area contributed by atoms with Crippen LogP contribution in [0.3, 0.4) is 0 Å². The van der Waals surface area contributed by atoms with Gasteiger partial charge in [-0.25, -0.2) is 9.37 Å². The average Bonchev–Trinajstić information content (AvgIpc) is 3.42. The van der Waals surface area contributed by atoms with Gasteiger partial charge in [0, 0.05) is 24.1 Å². The second kappa shape index (κ2) is 6.47. The summed E-state index contributed by atoms with van der Waals surface area (Å²) in [6.45, 7) is 1.33. The summed E-state index contributed by atoms with van der Waals surface area (Å²) in [5.41, 5.74) is 2.74. The van der Waals surface area contributed by atoms with Gasteiger partial charge in [-0.1, -0.05) is 24.3 Å². The van der Waals surface area contributed by atoms with E-state index < -0.39 is 0 Å². The molecule has 2 aromatic heterocycles. The monoisotopic (exact) mass is 427 g/mol. The molecule has 0 unspecified atom stereocenters. The topological polar surface area (TPSA) is 76.3 Å². The first kappa shape index (κ1) is 18.2. The molecule has 154 valence electrons. The van der Waals surface area contributed by atoms with Crippen LogP contribution in [0.25, 0.3) is 17.2 Å². The van der Waals surface area contributed by atoms with E-state index >= 15 is 0 Å². The minimum absolute atomic E-state index is 0.00440. The highest BCUT2D eigenvalue weighted by atomic mass is 35.5. The minimum atomic E-state index is -0.235. The normalized spacial score (nSPS) is 24.0. The first-order chi connectivity index (χ1) is 14.6. The fraction of sp³-hybridized carbons (Fsp3) is 0.381. The van der Waals surface area contributed by atoms with Gasteiger partial charge in [0.2, 0.25) is 5.28 Å². The Labute approximate surface area is 176 Å². The highest BCUT2D eigenvalue weighted by Gasteiger charge is 2.47. The molecule has 3 aromatic rings. The Morgan fingerprint density at radius 1 is 1.27 bits per heavy atom. The van der Waals surface area contributed by atoms with Crippen molar-refractivity contribution in [3.05, 3.63) is 52.8 Å². The SMILES string of the molecule is OC[C@H]1CC[C@H](n2cnc3c(N4CC5(C=Cc6c(F)cccc65)C4)nc(Cl)nc32)O1. The number of nitrogens with zero attached hydrogens (tertiary/aromatic N) is 5. The van der Waals surface area contributed by atoms with Gasteiger partial charge in [0.1, 0.15) is 12.0 Å². The number of rotatable bonds is 3. The van der Waals surface area contributed by atoms with Gasteiger partial charge in [-0.15, -0.1) is 0 Å². The Hall–Kier alpha value is -2.55. The van der Waals surface area contributed by atoms with Gasteiger partial charge < -0.3 is 14.7 Å². The largest absolute Gasteiger partial charge is 0.394 e. The van der Waals surface area contributed by atoms with Gasteiger partial charge in [-0.3, -0.25) is 4.57 Å². The van der Waals surface area contributed by atoms with Gasteiger partial charge in [0.25, 0.3) is 0 Å². The van der Waals surface area contributed by atoms with Crippen LogP contribution in [-0.2, 0) is 10.2 Å². The fourth-order valence-electron chi connectivity index (χ4n) is 4.87. The summed E-state index contributed by atoms with van der Waals surface area (Å²) in [6, 6.07) is 5.24. The van der Waals surface area contributed by atoms with Crippen LogP contribution in [-0.4, -0.2) is 50.4 Å². The summed E-state index contributed by atoms with van der Waals surface area (Å²) >= 11 is 6.26. The maximum atomic E-state index is 14.1. The predicted octanol–water partition coefficient (Wildman–Crippen LogP) is 3.07. The maximum absolute atomic E-state index is 14.1. The molecule has 2 aliphatic heterocycles. The molecule has 3 aliphatic rings. The van der Waals surface area contributed by atoms with Crippen molar-refractivity contribution in [2.75, 3.05) is 24.6 Å². The number of ether oxygens (including phenoxy) is 1. The van der Waals surface area contributed by atoms with E-state index in [1.54, 1.807) is 12.4 Å². The van der Waals surface area contributed by atoms with Crippen molar-refractivity contribution >= 4 is 34.7 Å². The summed E-state index contributed by atoms with van der Waals surface area (Å²) in [4.78, 5) is 15.5. The summed E-state index contributed by atoms with van der Waals surface area (Å²) in [7, 11) is 0. The van der Waals surface area contributed by atoms with Crippen molar-refractivity contribution in [1.29, 1.82) is 0 Å². The summed E-state index contributed by atoms with van der Waals surface area (Å²) in [6.07, 6.45) is 6.79. The quantitative estimate of drug-likeness (QED) is 0.647. The molecule has 1 aromatic carbocycles. The van der Waals surface area contributed by atoms with E-state index in [4.69, 9.17) is 16.3 Å². The number of hydrogen-bond acceptors (Lipinski definition) is 6. The number of aliphatic hydroxyl groups excluding tert-OH is 1. The third-order valence-electron chi connectivity index (χ3n) is 6.38. The van der Waals surface area contributed by atoms with Gasteiger partial charge in [-0.05, 0) is 36.1 Å². The second-order valence-electron chi connectivity index (χ2n) is 8.16. The minimum Gasteiger partial charge on any atom is -0.394 e. The standard InChI is InChI=1S/C21H19ClFN5O2/c22-20-25-18(17-19(26-20)28(11-24-17)16-5-4-12(8-29)30-16)27-9-21(10-27)7-6-13-14(21)2-1-3-15(13)23/h1-3,6-7,11-12,16,29H,4-5,8-10H2/t12-,16-/m1/s1. The highest BCUT2D eigenvalue weighted by molar-refractivity contribution is 6.28. The van der Waals surface area contributed by atoms with Crippen LogP contribution in [0.4, 0.5) is 10.2 Å². The van der Waals surface area contributed by atoms with Crippen LogP contribution in [0, 0.1) is 5.82 Å². The first-order valence-corrected chi connectivity index (χ1v) is 10.4. The van der Waals surface area contributed by atoms with Gasteiger partial charge in [-0.2, -0.15) is 9.97 Å². The number of imidazole rings is 1. The Morgan fingerprint density at radius 2 is 2.13 bits per heavy atom. The zero-order valence-corrected chi connectivity index (χ0v) is 16.8. The molecule has 2 atom stereocenters. The molecule has 0 amide bonds. The number of halogens is 2. The number of fused-ring (bicyclic) bond motifs is 3. The smallest absolute Gasteiger partial charge is 0.226 e. The maximum Gasteiger partial charge on any atom is 0.226 e. The van der Waals surface area contributed by atoms with Crippen LogP contribution in [0.5, 0.6) is 0 Å². The molecule has 0 bridgehead atoms. The van der Waals surface area contributed by atoms with Crippen molar-refractivity contribution in [2.24, 2.45) is 0 Å². The molecular formula is C21H19ClFN5O2. The van der Waals surface area contributed by atoms with Crippen LogP contribution < -0.4 is 4.90 Å². The molecule has 4 heterocycles. The van der Waals surface area contributed by atoms with Crippen molar-refractivity contribution in [2.45, 2.75) is 30.6 Å². The van der Waals surface area contributed by atoms with Gasteiger partial charge >= 0.3 is 0 Å². The van der Waals surface area contributed by atoms with Crippen molar-refractivity contribution in [1.82, 2.24) is 19.5 Å². The molecule has 1 N–H and O–H groups in total. The van der Waals surface area contributed by atoms with Crippen molar-refractivity contribution < 1.29 is 14.2 Å². The lowest BCUT2D eigenvalue weighted by molar-refractivity contribution is -0.0207. The van der Waals surface area contributed by atoms with Crippen LogP contribution in [0.1, 0.15) is 30.2 Å². The molecule has 1 spiro atoms. The number of hydrogen-bond donors (Lipinski definition) is 1. The van der Waals surface area contributed by atoms with Crippen LogP contribution in [0.2, 0.25) is 5.28 Å². The van der Waals surface area contributed by atoms with Gasteiger partial charge in [0.05, 0.1) is 19.0 Å². The fourth-order valence-corrected chi connectivity index (χ4v) is 5.03. The van der Waals surface area contributed by atoms with Crippen molar-refractivity contribution in [3.63, 3.8) is 0 Å².